The number of rotatable bonds is 8. The van der Waals surface area contributed by atoms with E-state index in [1.807, 2.05) is 24.3 Å². The second-order valence-electron chi connectivity index (χ2n) is 6.05. The van der Waals surface area contributed by atoms with Gasteiger partial charge >= 0.3 is 0 Å². The molecule has 28 heavy (non-hydrogen) atoms. The lowest BCUT2D eigenvalue weighted by molar-refractivity contribution is -0.113. The van der Waals surface area contributed by atoms with Crippen LogP contribution < -0.4 is 14.8 Å². The van der Waals surface area contributed by atoms with E-state index in [4.69, 9.17) is 9.47 Å². The zero-order chi connectivity index (χ0) is 20.1. The third-order valence-electron chi connectivity index (χ3n) is 4.16. The SMILES string of the molecule is COc1ccc(OCCSCC(=O)Nc2ccc3c(c2)C(=O)N(C)C3=O)cc1. The van der Waals surface area contributed by atoms with Crippen molar-refractivity contribution in [2.45, 2.75) is 0 Å². The van der Waals surface area contributed by atoms with Crippen molar-refractivity contribution in [3.05, 3.63) is 53.6 Å². The van der Waals surface area contributed by atoms with Crippen molar-refractivity contribution in [3.63, 3.8) is 0 Å². The molecule has 0 radical (unpaired) electrons. The molecule has 3 rings (SSSR count). The first kappa shape index (κ1) is 19.8. The molecule has 7 nitrogen and oxygen atoms in total. The molecule has 0 bridgehead atoms. The van der Waals surface area contributed by atoms with E-state index in [0.717, 1.165) is 16.4 Å². The summed E-state index contributed by atoms with van der Waals surface area (Å²) < 4.78 is 10.7. The number of nitrogens with one attached hydrogen (secondary N) is 1. The minimum atomic E-state index is -0.360. The van der Waals surface area contributed by atoms with Crippen LogP contribution >= 0.6 is 11.8 Å². The van der Waals surface area contributed by atoms with E-state index >= 15 is 0 Å². The van der Waals surface area contributed by atoms with Gasteiger partial charge in [-0.2, -0.15) is 0 Å². The molecule has 1 N–H and O–H groups in total. The monoisotopic (exact) mass is 400 g/mol. The third-order valence-corrected chi connectivity index (χ3v) is 5.08. The van der Waals surface area contributed by atoms with E-state index in [1.165, 1.54) is 24.9 Å². The summed E-state index contributed by atoms with van der Waals surface area (Å²) in [5.41, 5.74) is 1.16. The van der Waals surface area contributed by atoms with E-state index in [0.29, 0.717) is 29.2 Å². The number of ether oxygens (including phenoxy) is 2. The minimum Gasteiger partial charge on any atom is -0.497 e. The number of amides is 3. The van der Waals surface area contributed by atoms with Crippen molar-refractivity contribution in [2.24, 2.45) is 0 Å². The maximum absolute atomic E-state index is 12.1. The van der Waals surface area contributed by atoms with Gasteiger partial charge in [0, 0.05) is 18.5 Å². The lowest BCUT2D eigenvalue weighted by Crippen LogP contribution is -2.24. The van der Waals surface area contributed by atoms with Crippen LogP contribution in [0.15, 0.2) is 42.5 Å². The Hall–Kier alpha value is -3.00. The van der Waals surface area contributed by atoms with Crippen molar-refractivity contribution in [2.75, 3.05) is 37.6 Å². The molecule has 1 aliphatic heterocycles. The van der Waals surface area contributed by atoms with Crippen molar-refractivity contribution >= 4 is 35.2 Å². The molecule has 1 heterocycles. The Bertz CT molecular complexity index is 898. The van der Waals surface area contributed by atoms with Crippen molar-refractivity contribution in [1.82, 2.24) is 4.90 Å². The van der Waals surface area contributed by atoms with Crippen LogP contribution in [0, 0.1) is 0 Å². The van der Waals surface area contributed by atoms with Gasteiger partial charge in [-0.25, -0.2) is 0 Å². The molecule has 2 aromatic carbocycles. The van der Waals surface area contributed by atoms with Gasteiger partial charge in [0.15, 0.2) is 0 Å². The number of anilines is 1. The fourth-order valence-electron chi connectivity index (χ4n) is 2.69. The first-order valence-electron chi connectivity index (χ1n) is 8.60. The van der Waals surface area contributed by atoms with Gasteiger partial charge in [0.25, 0.3) is 11.8 Å². The van der Waals surface area contributed by atoms with Crippen LogP contribution in [0.1, 0.15) is 20.7 Å². The number of imide groups is 1. The van der Waals surface area contributed by atoms with Crippen molar-refractivity contribution < 1.29 is 23.9 Å². The molecule has 146 valence electrons. The lowest BCUT2D eigenvalue weighted by Gasteiger charge is -2.08. The fourth-order valence-corrected chi connectivity index (χ4v) is 3.29. The van der Waals surface area contributed by atoms with Crippen LogP contribution in [0.4, 0.5) is 5.69 Å². The summed E-state index contributed by atoms with van der Waals surface area (Å²) in [6, 6.07) is 12.0. The van der Waals surface area contributed by atoms with Crippen LogP contribution in [0.5, 0.6) is 11.5 Å². The van der Waals surface area contributed by atoms with E-state index in [9.17, 15) is 14.4 Å². The number of thioether (sulfide) groups is 1. The zero-order valence-corrected chi connectivity index (χ0v) is 16.4. The number of carbonyl (C=O) groups excluding carboxylic acids is 3. The highest BCUT2D eigenvalue weighted by Crippen LogP contribution is 2.25. The molecule has 8 heteroatoms. The number of fused-ring (bicyclic) bond motifs is 1. The topological polar surface area (TPSA) is 84.9 Å². The predicted molar refractivity (Wildman–Crippen MR) is 107 cm³/mol. The Morgan fingerprint density at radius 1 is 1.04 bits per heavy atom. The average Bonchev–Trinajstić information content (AvgIpc) is 2.92. The van der Waals surface area contributed by atoms with Gasteiger partial charge in [-0.15, -0.1) is 11.8 Å². The highest BCUT2D eigenvalue weighted by Gasteiger charge is 2.32. The van der Waals surface area contributed by atoms with Crippen LogP contribution in [0.3, 0.4) is 0 Å². The van der Waals surface area contributed by atoms with Gasteiger partial charge in [-0.3, -0.25) is 19.3 Å². The van der Waals surface area contributed by atoms with Gasteiger partial charge < -0.3 is 14.8 Å². The summed E-state index contributed by atoms with van der Waals surface area (Å²) in [6.45, 7) is 0.478. The van der Waals surface area contributed by atoms with Gasteiger partial charge in [-0.05, 0) is 42.5 Å². The zero-order valence-electron chi connectivity index (χ0n) is 15.6. The molecule has 0 aromatic heterocycles. The number of benzene rings is 2. The van der Waals surface area contributed by atoms with Crippen molar-refractivity contribution in [1.29, 1.82) is 0 Å². The minimum absolute atomic E-state index is 0.181. The van der Waals surface area contributed by atoms with Gasteiger partial charge in [0.1, 0.15) is 11.5 Å². The Morgan fingerprint density at radius 2 is 1.71 bits per heavy atom. The Labute approximate surface area is 167 Å². The number of hydrogen-bond donors (Lipinski definition) is 1. The van der Waals surface area contributed by atoms with Gasteiger partial charge in [0.2, 0.25) is 5.91 Å². The van der Waals surface area contributed by atoms with E-state index in [-0.39, 0.29) is 23.5 Å². The second-order valence-corrected chi connectivity index (χ2v) is 7.16. The highest BCUT2D eigenvalue weighted by atomic mass is 32.2. The Balaban J connectivity index is 1.41. The molecule has 0 saturated heterocycles. The van der Waals surface area contributed by atoms with Gasteiger partial charge in [-0.1, -0.05) is 0 Å². The normalized spacial score (nSPS) is 12.7. The molecular formula is C20H20N2O5S. The summed E-state index contributed by atoms with van der Waals surface area (Å²) in [5, 5.41) is 2.75. The second kappa shape index (κ2) is 8.79. The third kappa shape index (κ3) is 4.45. The molecule has 2 aromatic rings. The quantitative estimate of drug-likeness (QED) is 0.542. The van der Waals surface area contributed by atoms with E-state index in [2.05, 4.69) is 5.32 Å². The summed E-state index contributed by atoms with van der Waals surface area (Å²) in [6.07, 6.45) is 0. The molecule has 0 saturated carbocycles. The Kier molecular flexibility index (Phi) is 6.20. The van der Waals surface area contributed by atoms with Crippen LogP contribution in [-0.4, -0.2) is 54.9 Å². The summed E-state index contributed by atoms with van der Waals surface area (Å²) in [5.74, 6) is 1.55. The summed E-state index contributed by atoms with van der Waals surface area (Å²) in [7, 11) is 3.05. The first-order valence-corrected chi connectivity index (χ1v) is 9.76. The molecule has 0 atom stereocenters. The molecule has 1 aliphatic rings. The molecule has 3 amide bonds. The number of methoxy groups -OCH3 is 1. The molecular weight excluding hydrogens is 380 g/mol. The predicted octanol–water partition coefficient (Wildman–Crippen LogP) is 2.67. The van der Waals surface area contributed by atoms with E-state index < -0.39 is 0 Å². The van der Waals surface area contributed by atoms with E-state index in [1.54, 1.807) is 19.2 Å². The molecule has 0 fully saturated rings. The number of nitrogens with zero attached hydrogens (tertiary/aromatic N) is 1. The highest BCUT2D eigenvalue weighted by molar-refractivity contribution is 7.99. The number of carbonyl (C=O) groups is 3. The summed E-state index contributed by atoms with van der Waals surface area (Å²) >= 11 is 1.44. The Morgan fingerprint density at radius 3 is 2.43 bits per heavy atom. The maximum atomic E-state index is 12.1. The van der Waals surface area contributed by atoms with Crippen LogP contribution in [-0.2, 0) is 4.79 Å². The number of hydrogen-bond acceptors (Lipinski definition) is 6. The van der Waals surface area contributed by atoms with Crippen LogP contribution in [0.25, 0.3) is 0 Å². The first-order chi connectivity index (χ1) is 13.5. The smallest absolute Gasteiger partial charge is 0.261 e. The largest absolute Gasteiger partial charge is 0.497 e. The van der Waals surface area contributed by atoms with Crippen molar-refractivity contribution in [3.8, 4) is 11.5 Å². The maximum Gasteiger partial charge on any atom is 0.261 e. The average molecular weight is 400 g/mol. The molecule has 0 aliphatic carbocycles. The summed E-state index contributed by atoms with van der Waals surface area (Å²) in [4.78, 5) is 37.0. The molecule has 0 spiro atoms. The standard InChI is InChI=1S/C20H20N2O5S/c1-22-19(24)16-8-3-13(11-17(16)20(22)25)21-18(23)12-28-10-9-27-15-6-4-14(26-2)5-7-15/h3-8,11H,9-10,12H2,1-2H3,(H,21,23). The fraction of sp³-hybridized carbons (Fsp3) is 0.250. The van der Waals surface area contributed by atoms with Crippen LogP contribution in [0.2, 0.25) is 0 Å². The lowest BCUT2D eigenvalue weighted by atomic mass is 10.1. The molecule has 0 unspecified atom stereocenters. The van der Waals surface area contributed by atoms with Gasteiger partial charge in [0.05, 0.1) is 30.6 Å².